The molecule has 0 saturated heterocycles. The van der Waals surface area contributed by atoms with E-state index in [1.54, 1.807) is 0 Å². The maximum absolute atomic E-state index is 10.4. The van der Waals surface area contributed by atoms with E-state index in [1.165, 1.54) is 24.8 Å². The first kappa shape index (κ1) is 14.4. The molecule has 3 atom stereocenters. The first-order valence-electron chi connectivity index (χ1n) is 7.67. The summed E-state index contributed by atoms with van der Waals surface area (Å²) in [7, 11) is 0. The molecule has 0 bridgehead atoms. The first-order valence-corrected chi connectivity index (χ1v) is 7.67. The maximum Gasteiger partial charge on any atom is 0.129 e. The summed E-state index contributed by atoms with van der Waals surface area (Å²) in [4.78, 5) is 0. The number of rotatable bonds is 7. The average Bonchev–Trinajstić information content (AvgIpc) is 2.87. The fraction of sp³-hybridized carbons (Fsp3) is 0.647. The molecule has 0 fully saturated rings. The van der Waals surface area contributed by atoms with Crippen LogP contribution in [-0.2, 0) is 6.42 Å². The predicted octanol–water partition coefficient (Wildman–Crippen LogP) is 3.96. The second-order valence-electron chi connectivity index (χ2n) is 5.69. The summed E-state index contributed by atoms with van der Waals surface area (Å²) in [5, 5.41) is 10.4. The van der Waals surface area contributed by atoms with Crippen molar-refractivity contribution >= 4 is 0 Å². The largest absolute Gasteiger partial charge is 0.487 e. The minimum atomic E-state index is -0.339. The Bertz CT molecular complexity index is 364. The fourth-order valence-electron chi connectivity index (χ4n) is 2.90. The Kier molecular flexibility index (Phi) is 5.26. The van der Waals surface area contributed by atoms with E-state index in [9.17, 15) is 5.11 Å². The fourth-order valence-corrected chi connectivity index (χ4v) is 2.90. The number of ether oxygens (including phenoxy) is 1. The molecule has 0 radical (unpaired) electrons. The van der Waals surface area contributed by atoms with E-state index in [-0.39, 0.29) is 12.2 Å². The van der Waals surface area contributed by atoms with Crippen LogP contribution in [0, 0.1) is 5.92 Å². The van der Waals surface area contributed by atoms with Crippen molar-refractivity contribution in [2.45, 2.75) is 64.6 Å². The molecule has 0 saturated carbocycles. The minimum Gasteiger partial charge on any atom is -0.487 e. The van der Waals surface area contributed by atoms with Gasteiger partial charge in [0.15, 0.2) is 0 Å². The third-order valence-corrected chi connectivity index (χ3v) is 4.22. The lowest BCUT2D eigenvalue weighted by atomic mass is 9.90. The van der Waals surface area contributed by atoms with Crippen LogP contribution in [0.15, 0.2) is 24.3 Å². The van der Waals surface area contributed by atoms with Gasteiger partial charge in [-0.25, -0.2) is 0 Å². The summed E-state index contributed by atoms with van der Waals surface area (Å²) >= 11 is 0. The van der Waals surface area contributed by atoms with Gasteiger partial charge >= 0.3 is 0 Å². The summed E-state index contributed by atoms with van der Waals surface area (Å²) in [5.41, 5.74) is 1.23. The van der Waals surface area contributed by atoms with Crippen molar-refractivity contribution in [3.63, 3.8) is 0 Å². The Balaban J connectivity index is 1.86. The van der Waals surface area contributed by atoms with Crippen LogP contribution in [-0.4, -0.2) is 17.3 Å². The number of aliphatic hydroxyl groups excluding tert-OH is 1. The second kappa shape index (κ2) is 6.95. The normalized spacial score (nSPS) is 20.7. The van der Waals surface area contributed by atoms with E-state index in [4.69, 9.17) is 4.74 Å². The van der Waals surface area contributed by atoms with E-state index in [2.05, 4.69) is 19.9 Å². The third kappa shape index (κ3) is 3.73. The third-order valence-electron chi connectivity index (χ3n) is 4.22. The highest BCUT2D eigenvalue weighted by Gasteiger charge is 2.30. The second-order valence-corrected chi connectivity index (χ2v) is 5.69. The molecule has 1 N–H and O–H groups in total. The number of benzene rings is 1. The zero-order valence-corrected chi connectivity index (χ0v) is 12.1. The van der Waals surface area contributed by atoms with Crippen molar-refractivity contribution in [1.29, 1.82) is 0 Å². The van der Waals surface area contributed by atoms with Crippen molar-refractivity contribution in [3.8, 4) is 5.75 Å². The van der Waals surface area contributed by atoms with E-state index in [0.29, 0.717) is 5.92 Å². The Morgan fingerprint density at radius 2 is 2.11 bits per heavy atom. The molecule has 1 aromatic rings. The molecule has 3 unspecified atom stereocenters. The first-order chi connectivity index (χ1) is 9.24. The molecular weight excluding hydrogens is 236 g/mol. The summed E-state index contributed by atoms with van der Waals surface area (Å²) in [6.45, 7) is 4.44. The standard InChI is InChI=1S/C17H26O2/c1-3-5-8-13(4-2)11-15(18)17-12-14-9-6-7-10-16(14)19-17/h6-7,9-10,13,15,17-18H,3-5,8,11-12H2,1-2H3. The number of unbranched alkanes of at least 4 members (excludes halogenated alkanes) is 1. The van der Waals surface area contributed by atoms with E-state index in [1.807, 2.05) is 18.2 Å². The molecule has 2 rings (SSSR count). The molecule has 1 aromatic carbocycles. The molecule has 0 aromatic heterocycles. The number of hydrogen-bond acceptors (Lipinski definition) is 2. The Morgan fingerprint density at radius 3 is 2.79 bits per heavy atom. The van der Waals surface area contributed by atoms with Gasteiger partial charge in [0, 0.05) is 6.42 Å². The Hall–Kier alpha value is -1.02. The maximum atomic E-state index is 10.4. The van der Waals surface area contributed by atoms with Crippen molar-refractivity contribution in [3.05, 3.63) is 29.8 Å². The quantitative estimate of drug-likeness (QED) is 0.806. The topological polar surface area (TPSA) is 29.5 Å². The predicted molar refractivity (Wildman–Crippen MR) is 78.5 cm³/mol. The monoisotopic (exact) mass is 262 g/mol. The molecular formula is C17H26O2. The van der Waals surface area contributed by atoms with Crippen molar-refractivity contribution in [2.24, 2.45) is 5.92 Å². The van der Waals surface area contributed by atoms with Gasteiger partial charge in [-0.3, -0.25) is 0 Å². The van der Waals surface area contributed by atoms with Crippen molar-refractivity contribution in [2.75, 3.05) is 0 Å². The average molecular weight is 262 g/mol. The molecule has 2 nitrogen and oxygen atoms in total. The molecule has 1 aliphatic heterocycles. The van der Waals surface area contributed by atoms with Crippen LogP contribution in [0.25, 0.3) is 0 Å². The summed E-state index contributed by atoms with van der Waals surface area (Å²) in [5.74, 6) is 1.58. The van der Waals surface area contributed by atoms with Gasteiger partial charge in [0.1, 0.15) is 11.9 Å². The molecule has 19 heavy (non-hydrogen) atoms. The van der Waals surface area contributed by atoms with Crippen molar-refractivity contribution < 1.29 is 9.84 Å². The van der Waals surface area contributed by atoms with Gasteiger partial charge in [-0.2, -0.15) is 0 Å². The van der Waals surface area contributed by atoms with Gasteiger partial charge in [-0.15, -0.1) is 0 Å². The molecule has 0 aliphatic carbocycles. The lowest BCUT2D eigenvalue weighted by Gasteiger charge is -2.23. The van der Waals surface area contributed by atoms with Gasteiger partial charge in [0.25, 0.3) is 0 Å². The summed E-state index contributed by atoms with van der Waals surface area (Å²) < 4.78 is 5.87. The highest BCUT2D eigenvalue weighted by Crippen LogP contribution is 2.31. The summed E-state index contributed by atoms with van der Waals surface area (Å²) in [6, 6.07) is 8.11. The van der Waals surface area contributed by atoms with Crippen LogP contribution >= 0.6 is 0 Å². The van der Waals surface area contributed by atoms with Gasteiger partial charge in [0.05, 0.1) is 6.10 Å². The van der Waals surface area contributed by atoms with E-state index >= 15 is 0 Å². The molecule has 1 aliphatic rings. The molecule has 1 heterocycles. The van der Waals surface area contributed by atoms with Crippen LogP contribution in [0.4, 0.5) is 0 Å². The number of fused-ring (bicyclic) bond motifs is 1. The molecule has 2 heteroatoms. The highest BCUT2D eigenvalue weighted by molar-refractivity contribution is 5.37. The molecule has 0 spiro atoms. The van der Waals surface area contributed by atoms with Gasteiger partial charge in [-0.05, 0) is 24.0 Å². The SMILES string of the molecule is CCCCC(CC)CC(O)C1Cc2ccccc2O1. The molecule has 0 amide bonds. The number of hydrogen-bond donors (Lipinski definition) is 1. The Morgan fingerprint density at radius 1 is 1.32 bits per heavy atom. The van der Waals surface area contributed by atoms with Crippen LogP contribution < -0.4 is 4.74 Å². The number of aliphatic hydroxyl groups is 1. The smallest absolute Gasteiger partial charge is 0.129 e. The van der Waals surface area contributed by atoms with E-state index < -0.39 is 0 Å². The van der Waals surface area contributed by atoms with Crippen LogP contribution in [0.5, 0.6) is 5.75 Å². The zero-order valence-electron chi connectivity index (χ0n) is 12.1. The Labute approximate surface area is 116 Å². The van der Waals surface area contributed by atoms with Crippen LogP contribution in [0.1, 0.15) is 51.5 Å². The van der Waals surface area contributed by atoms with Crippen molar-refractivity contribution in [1.82, 2.24) is 0 Å². The van der Waals surface area contributed by atoms with Gasteiger partial charge in [-0.1, -0.05) is 57.7 Å². The summed E-state index contributed by atoms with van der Waals surface area (Å²) in [6.07, 6.45) is 6.20. The zero-order chi connectivity index (χ0) is 13.7. The van der Waals surface area contributed by atoms with E-state index in [0.717, 1.165) is 25.0 Å². The number of para-hydroxylation sites is 1. The van der Waals surface area contributed by atoms with Gasteiger partial charge in [0.2, 0.25) is 0 Å². The lowest BCUT2D eigenvalue weighted by molar-refractivity contribution is 0.0308. The molecule has 106 valence electrons. The van der Waals surface area contributed by atoms with Crippen LogP contribution in [0.3, 0.4) is 0 Å². The minimum absolute atomic E-state index is 0.0481. The highest BCUT2D eigenvalue weighted by atomic mass is 16.5. The lowest BCUT2D eigenvalue weighted by Crippen LogP contribution is -2.32. The van der Waals surface area contributed by atoms with Crippen LogP contribution in [0.2, 0.25) is 0 Å². The van der Waals surface area contributed by atoms with Gasteiger partial charge < -0.3 is 9.84 Å².